The average molecular weight is 376 g/mol. The number of hydrogen-bond donors (Lipinski definition) is 2. The predicted molar refractivity (Wildman–Crippen MR) is 94.1 cm³/mol. The van der Waals surface area contributed by atoms with E-state index < -0.39 is 0 Å². The lowest BCUT2D eigenvalue weighted by Crippen LogP contribution is -2.34. The highest BCUT2D eigenvalue weighted by Crippen LogP contribution is 2.24. The molecule has 21 heavy (non-hydrogen) atoms. The fourth-order valence-corrected chi connectivity index (χ4v) is 3.00. The highest BCUT2D eigenvalue weighted by Gasteiger charge is 2.22. The Bertz CT molecular complexity index is 475. The van der Waals surface area contributed by atoms with Crippen molar-refractivity contribution in [1.29, 1.82) is 0 Å². The lowest BCUT2D eigenvalue weighted by Gasteiger charge is -2.28. The molecule has 1 aliphatic rings. The van der Waals surface area contributed by atoms with Crippen molar-refractivity contribution >= 4 is 39.9 Å². The van der Waals surface area contributed by atoms with Gasteiger partial charge in [0.2, 0.25) is 5.91 Å². The molecule has 5 heteroatoms. The van der Waals surface area contributed by atoms with Crippen molar-refractivity contribution < 1.29 is 4.79 Å². The van der Waals surface area contributed by atoms with E-state index in [1.165, 1.54) is 12.8 Å². The maximum Gasteiger partial charge on any atom is 0.224 e. The summed E-state index contributed by atoms with van der Waals surface area (Å²) in [4.78, 5) is 12.1. The first kappa shape index (κ1) is 18.5. The third kappa shape index (κ3) is 5.61. The molecule has 1 amide bonds. The SMILES string of the molecule is Cc1cc(NC(=O)CC(C)C2CCCNC2)ccc1Br.Cl. The van der Waals surface area contributed by atoms with Crippen molar-refractivity contribution in [2.24, 2.45) is 11.8 Å². The molecule has 0 radical (unpaired) electrons. The zero-order valence-corrected chi connectivity index (χ0v) is 15.0. The van der Waals surface area contributed by atoms with Gasteiger partial charge in [-0.1, -0.05) is 22.9 Å². The van der Waals surface area contributed by atoms with Gasteiger partial charge in [-0.05, 0) is 68.5 Å². The fraction of sp³-hybridized carbons (Fsp3) is 0.562. The van der Waals surface area contributed by atoms with Crippen molar-refractivity contribution in [2.75, 3.05) is 18.4 Å². The highest BCUT2D eigenvalue weighted by molar-refractivity contribution is 9.10. The van der Waals surface area contributed by atoms with E-state index in [-0.39, 0.29) is 18.3 Å². The molecule has 3 nitrogen and oxygen atoms in total. The van der Waals surface area contributed by atoms with Gasteiger partial charge in [0.05, 0.1) is 0 Å². The summed E-state index contributed by atoms with van der Waals surface area (Å²) in [6.07, 6.45) is 3.06. The van der Waals surface area contributed by atoms with Crippen molar-refractivity contribution in [3.63, 3.8) is 0 Å². The molecule has 1 aromatic carbocycles. The summed E-state index contributed by atoms with van der Waals surface area (Å²) in [6.45, 7) is 6.37. The minimum atomic E-state index is 0. The number of aryl methyl sites for hydroxylation is 1. The Balaban J connectivity index is 0.00000220. The number of carbonyl (C=O) groups is 1. The quantitative estimate of drug-likeness (QED) is 0.830. The molecule has 0 aromatic heterocycles. The number of nitrogens with one attached hydrogen (secondary N) is 2. The smallest absolute Gasteiger partial charge is 0.224 e. The van der Waals surface area contributed by atoms with E-state index in [1.54, 1.807) is 0 Å². The summed E-state index contributed by atoms with van der Waals surface area (Å²) in [5, 5.41) is 6.42. The highest BCUT2D eigenvalue weighted by atomic mass is 79.9. The second-order valence-electron chi connectivity index (χ2n) is 5.80. The molecule has 1 heterocycles. The van der Waals surface area contributed by atoms with Crippen LogP contribution in [0.25, 0.3) is 0 Å². The predicted octanol–water partition coefficient (Wildman–Crippen LogP) is 4.14. The Labute approximate surface area is 141 Å². The molecule has 0 spiro atoms. The summed E-state index contributed by atoms with van der Waals surface area (Å²) in [7, 11) is 0. The molecule has 2 atom stereocenters. The van der Waals surface area contributed by atoms with E-state index in [9.17, 15) is 4.79 Å². The van der Waals surface area contributed by atoms with Crippen LogP contribution in [0.3, 0.4) is 0 Å². The van der Waals surface area contributed by atoms with Crippen molar-refractivity contribution in [3.05, 3.63) is 28.2 Å². The van der Waals surface area contributed by atoms with Gasteiger partial charge in [0, 0.05) is 16.6 Å². The molecular formula is C16H24BrClN2O. The third-order valence-electron chi connectivity index (χ3n) is 4.09. The number of halogens is 2. The summed E-state index contributed by atoms with van der Waals surface area (Å²) >= 11 is 3.47. The van der Waals surface area contributed by atoms with Gasteiger partial charge in [-0.15, -0.1) is 12.4 Å². The van der Waals surface area contributed by atoms with E-state index in [0.717, 1.165) is 28.8 Å². The molecule has 0 saturated carbocycles. The molecular weight excluding hydrogens is 352 g/mol. The Kier molecular flexibility index (Phi) is 7.71. The van der Waals surface area contributed by atoms with Gasteiger partial charge >= 0.3 is 0 Å². The molecule has 118 valence electrons. The Morgan fingerprint density at radius 2 is 2.29 bits per heavy atom. The van der Waals surface area contributed by atoms with Gasteiger partial charge in [0.1, 0.15) is 0 Å². The molecule has 2 N–H and O–H groups in total. The molecule has 0 bridgehead atoms. The van der Waals surface area contributed by atoms with Crippen molar-refractivity contribution in [2.45, 2.75) is 33.1 Å². The van der Waals surface area contributed by atoms with Crippen molar-refractivity contribution in [3.8, 4) is 0 Å². The number of rotatable bonds is 4. The molecule has 2 unspecified atom stereocenters. The maximum atomic E-state index is 12.1. The minimum absolute atomic E-state index is 0. The Hall–Kier alpha value is -0.580. The standard InChI is InChI=1S/C16H23BrN2O.ClH/c1-11(13-4-3-7-18-10-13)9-16(20)19-14-5-6-15(17)12(2)8-14;/h5-6,8,11,13,18H,3-4,7,9-10H2,1-2H3,(H,19,20);1H. The van der Waals surface area contributed by atoms with Gasteiger partial charge in [-0.3, -0.25) is 4.79 Å². The number of anilines is 1. The summed E-state index contributed by atoms with van der Waals surface area (Å²) in [5.41, 5.74) is 2.01. The van der Waals surface area contributed by atoms with Crippen LogP contribution in [0.1, 0.15) is 31.7 Å². The van der Waals surface area contributed by atoms with Crippen LogP contribution >= 0.6 is 28.3 Å². The largest absolute Gasteiger partial charge is 0.326 e. The average Bonchev–Trinajstić information content (AvgIpc) is 2.44. The van der Waals surface area contributed by atoms with E-state index in [0.29, 0.717) is 18.3 Å². The first-order valence-corrected chi connectivity index (χ1v) is 8.12. The fourth-order valence-electron chi connectivity index (χ4n) is 2.76. The van der Waals surface area contributed by atoms with Crippen molar-refractivity contribution in [1.82, 2.24) is 5.32 Å². The van der Waals surface area contributed by atoms with Gasteiger partial charge in [0.25, 0.3) is 0 Å². The molecule has 1 aliphatic heterocycles. The van der Waals surface area contributed by atoms with Crippen LogP contribution in [0.2, 0.25) is 0 Å². The molecule has 1 saturated heterocycles. The van der Waals surface area contributed by atoms with Crippen LogP contribution in [-0.4, -0.2) is 19.0 Å². The van der Waals surface area contributed by atoms with E-state index >= 15 is 0 Å². The van der Waals surface area contributed by atoms with Crippen LogP contribution in [0, 0.1) is 18.8 Å². The third-order valence-corrected chi connectivity index (χ3v) is 4.98. The maximum absolute atomic E-state index is 12.1. The van der Waals surface area contributed by atoms with Crippen LogP contribution in [-0.2, 0) is 4.79 Å². The number of amides is 1. The lowest BCUT2D eigenvalue weighted by atomic mass is 9.85. The van der Waals surface area contributed by atoms with Crippen LogP contribution in [0.4, 0.5) is 5.69 Å². The van der Waals surface area contributed by atoms with Gasteiger partial charge < -0.3 is 10.6 Å². The summed E-state index contributed by atoms with van der Waals surface area (Å²) in [6, 6.07) is 5.90. The topological polar surface area (TPSA) is 41.1 Å². The first-order chi connectivity index (χ1) is 9.56. The molecule has 2 rings (SSSR count). The Morgan fingerprint density at radius 3 is 2.90 bits per heavy atom. The first-order valence-electron chi connectivity index (χ1n) is 7.33. The minimum Gasteiger partial charge on any atom is -0.326 e. The van der Waals surface area contributed by atoms with Gasteiger partial charge in [-0.25, -0.2) is 0 Å². The lowest BCUT2D eigenvalue weighted by molar-refractivity contribution is -0.117. The number of piperidine rings is 1. The summed E-state index contributed by atoms with van der Waals surface area (Å²) < 4.78 is 1.07. The molecule has 0 aliphatic carbocycles. The molecule has 1 fully saturated rings. The second-order valence-corrected chi connectivity index (χ2v) is 6.65. The summed E-state index contributed by atoms with van der Waals surface area (Å²) in [5.74, 6) is 1.17. The monoisotopic (exact) mass is 374 g/mol. The number of hydrogen-bond acceptors (Lipinski definition) is 2. The normalized spacial score (nSPS) is 19.5. The van der Waals surface area contributed by atoms with Gasteiger partial charge in [0.15, 0.2) is 0 Å². The van der Waals surface area contributed by atoms with Crippen LogP contribution in [0.5, 0.6) is 0 Å². The Morgan fingerprint density at radius 1 is 1.52 bits per heavy atom. The van der Waals surface area contributed by atoms with Gasteiger partial charge in [-0.2, -0.15) is 0 Å². The van der Waals surface area contributed by atoms with Crippen LogP contribution in [0.15, 0.2) is 22.7 Å². The van der Waals surface area contributed by atoms with E-state index in [4.69, 9.17) is 0 Å². The number of carbonyl (C=O) groups excluding carboxylic acids is 1. The van der Waals surface area contributed by atoms with E-state index in [1.807, 2.05) is 25.1 Å². The number of benzene rings is 1. The zero-order chi connectivity index (χ0) is 14.5. The zero-order valence-electron chi connectivity index (χ0n) is 12.6. The second kappa shape index (κ2) is 8.76. The van der Waals surface area contributed by atoms with Crippen LogP contribution < -0.4 is 10.6 Å². The molecule has 1 aromatic rings. The van der Waals surface area contributed by atoms with E-state index in [2.05, 4.69) is 33.5 Å².